The van der Waals surface area contributed by atoms with Crippen molar-refractivity contribution in [2.75, 3.05) is 18.9 Å². The molecule has 0 spiro atoms. The SMILES string of the molecule is Nc1[nH]c(=O)c(C(=O)O)c(-c2ccc(-c3ccc4c(c3)OCCCO4)cc2)c1C(=O)O. The van der Waals surface area contributed by atoms with E-state index in [0.29, 0.717) is 24.7 Å². The van der Waals surface area contributed by atoms with Gasteiger partial charge in [-0.05, 0) is 28.8 Å². The van der Waals surface area contributed by atoms with Gasteiger partial charge in [-0.3, -0.25) is 4.79 Å². The number of aromatic amines is 1. The van der Waals surface area contributed by atoms with E-state index in [2.05, 4.69) is 4.98 Å². The number of nitrogen functional groups attached to an aromatic ring is 1. The zero-order chi connectivity index (χ0) is 22.1. The molecule has 31 heavy (non-hydrogen) atoms. The lowest BCUT2D eigenvalue weighted by Gasteiger charge is -2.13. The fourth-order valence-electron chi connectivity index (χ4n) is 3.51. The number of hydrogen-bond donors (Lipinski definition) is 4. The second-order valence-corrected chi connectivity index (χ2v) is 6.89. The van der Waals surface area contributed by atoms with Crippen molar-refractivity contribution in [3.05, 3.63) is 63.9 Å². The van der Waals surface area contributed by atoms with Crippen molar-refractivity contribution in [2.24, 2.45) is 0 Å². The first-order valence-corrected chi connectivity index (χ1v) is 9.39. The zero-order valence-electron chi connectivity index (χ0n) is 16.2. The predicted molar refractivity (Wildman–Crippen MR) is 112 cm³/mol. The quantitative estimate of drug-likeness (QED) is 0.501. The number of hydrogen-bond acceptors (Lipinski definition) is 6. The number of ether oxygens (including phenoxy) is 2. The van der Waals surface area contributed by atoms with Crippen LogP contribution < -0.4 is 20.8 Å². The van der Waals surface area contributed by atoms with Crippen molar-refractivity contribution >= 4 is 17.8 Å². The second-order valence-electron chi connectivity index (χ2n) is 6.89. The molecule has 2 heterocycles. The van der Waals surface area contributed by atoms with Crippen molar-refractivity contribution in [3.8, 4) is 33.8 Å². The number of aromatic carboxylic acids is 2. The van der Waals surface area contributed by atoms with Gasteiger partial charge in [0.05, 0.1) is 13.2 Å². The van der Waals surface area contributed by atoms with Crippen LogP contribution in [0, 0.1) is 0 Å². The molecule has 1 aliphatic heterocycles. The maximum Gasteiger partial charge on any atom is 0.342 e. The summed E-state index contributed by atoms with van der Waals surface area (Å²) in [6.45, 7) is 1.13. The molecule has 0 unspecified atom stereocenters. The molecule has 4 rings (SSSR count). The van der Waals surface area contributed by atoms with E-state index in [1.165, 1.54) is 0 Å². The van der Waals surface area contributed by atoms with Gasteiger partial charge in [-0.1, -0.05) is 30.3 Å². The molecule has 0 amide bonds. The van der Waals surface area contributed by atoms with Crippen LogP contribution in [0.2, 0.25) is 0 Å². The molecule has 9 nitrogen and oxygen atoms in total. The van der Waals surface area contributed by atoms with Crippen LogP contribution in [0.15, 0.2) is 47.3 Å². The number of H-pyrrole nitrogens is 1. The van der Waals surface area contributed by atoms with Gasteiger partial charge >= 0.3 is 11.9 Å². The van der Waals surface area contributed by atoms with Gasteiger partial charge in [0.25, 0.3) is 5.56 Å². The summed E-state index contributed by atoms with van der Waals surface area (Å²) in [5.74, 6) is -2.12. The zero-order valence-corrected chi connectivity index (χ0v) is 16.2. The Morgan fingerprint density at radius 2 is 1.42 bits per heavy atom. The highest BCUT2D eigenvalue weighted by molar-refractivity contribution is 6.07. The standard InChI is InChI=1S/C22H18N2O7/c23-19-17(21(26)27)16(18(22(28)29)20(25)24-19)12-4-2-11(3-5-12)13-6-7-14-15(10-13)31-9-1-8-30-14/h2-7,10H,1,8-9H2,(H,26,27)(H,28,29)(H3,23,24,25). The smallest absolute Gasteiger partial charge is 0.342 e. The summed E-state index contributed by atoms with van der Waals surface area (Å²) >= 11 is 0. The summed E-state index contributed by atoms with van der Waals surface area (Å²) in [6, 6.07) is 12.0. The van der Waals surface area contributed by atoms with E-state index in [-0.39, 0.29) is 11.1 Å². The largest absolute Gasteiger partial charge is 0.490 e. The summed E-state index contributed by atoms with van der Waals surface area (Å²) in [6.07, 6.45) is 0.788. The number of aromatic nitrogens is 1. The Morgan fingerprint density at radius 1 is 0.839 bits per heavy atom. The van der Waals surface area contributed by atoms with Gasteiger partial charge in [0.1, 0.15) is 16.9 Å². The number of carboxylic acids is 2. The normalized spacial score (nSPS) is 12.8. The van der Waals surface area contributed by atoms with Crippen LogP contribution in [0.5, 0.6) is 11.5 Å². The highest BCUT2D eigenvalue weighted by Gasteiger charge is 2.26. The van der Waals surface area contributed by atoms with Gasteiger partial charge in [0.15, 0.2) is 11.5 Å². The molecule has 2 aromatic carbocycles. The molecule has 5 N–H and O–H groups in total. The molecule has 9 heteroatoms. The summed E-state index contributed by atoms with van der Waals surface area (Å²) in [5, 5.41) is 19.0. The minimum Gasteiger partial charge on any atom is -0.490 e. The van der Waals surface area contributed by atoms with Gasteiger partial charge in [0.2, 0.25) is 0 Å². The van der Waals surface area contributed by atoms with Crippen LogP contribution >= 0.6 is 0 Å². The number of carboxylic acid groups (broad SMARTS) is 2. The second kappa shape index (κ2) is 7.86. The van der Waals surface area contributed by atoms with E-state index >= 15 is 0 Å². The van der Waals surface area contributed by atoms with Crippen molar-refractivity contribution in [2.45, 2.75) is 6.42 Å². The molecular formula is C22H18N2O7. The fourth-order valence-corrected chi connectivity index (χ4v) is 3.51. The third kappa shape index (κ3) is 3.68. The van der Waals surface area contributed by atoms with E-state index in [1.54, 1.807) is 24.3 Å². The molecule has 0 aliphatic carbocycles. The van der Waals surface area contributed by atoms with Crippen molar-refractivity contribution in [1.82, 2.24) is 4.98 Å². The molecule has 1 aliphatic rings. The number of nitrogens with two attached hydrogens (primary N) is 1. The molecule has 0 saturated heterocycles. The molecular weight excluding hydrogens is 404 g/mol. The minimum atomic E-state index is -1.55. The van der Waals surface area contributed by atoms with Crippen LogP contribution in [0.25, 0.3) is 22.3 Å². The summed E-state index contributed by atoms with van der Waals surface area (Å²) in [7, 11) is 0. The first kappa shape index (κ1) is 20.0. The lowest BCUT2D eigenvalue weighted by atomic mass is 9.93. The third-order valence-electron chi connectivity index (χ3n) is 4.93. The van der Waals surface area contributed by atoms with E-state index in [9.17, 15) is 24.6 Å². The maximum absolute atomic E-state index is 12.2. The van der Waals surface area contributed by atoms with Gasteiger partial charge < -0.3 is 30.4 Å². The van der Waals surface area contributed by atoms with E-state index in [1.807, 2.05) is 18.2 Å². The average Bonchev–Trinajstić information content (AvgIpc) is 2.97. The molecule has 3 aromatic rings. The van der Waals surface area contributed by atoms with Gasteiger partial charge in [-0.15, -0.1) is 0 Å². The first-order chi connectivity index (χ1) is 14.9. The Morgan fingerprint density at radius 3 is 2.06 bits per heavy atom. The van der Waals surface area contributed by atoms with E-state index < -0.39 is 34.4 Å². The van der Waals surface area contributed by atoms with Crippen molar-refractivity contribution in [3.63, 3.8) is 0 Å². The average molecular weight is 422 g/mol. The van der Waals surface area contributed by atoms with Crippen LogP contribution in [-0.4, -0.2) is 40.3 Å². The highest BCUT2D eigenvalue weighted by Crippen LogP contribution is 2.35. The molecule has 0 fully saturated rings. The Labute approximate surface area is 175 Å². The van der Waals surface area contributed by atoms with Gasteiger partial charge in [-0.2, -0.15) is 0 Å². The number of carbonyl (C=O) groups is 2. The van der Waals surface area contributed by atoms with Crippen LogP contribution in [-0.2, 0) is 0 Å². The molecule has 0 bridgehead atoms. The molecule has 0 atom stereocenters. The number of nitrogens with one attached hydrogen (secondary N) is 1. The Bertz CT molecular complexity index is 1250. The van der Waals surface area contributed by atoms with Crippen molar-refractivity contribution < 1.29 is 29.3 Å². The minimum absolute atomic E-state index is 0.241. The molecule has 1 aromatic heterocycles. The monoisotopic (exact) mass is 422 g/mol. The summed E-state index contributed by atoms with van der Waals surface area (Å²) in [5.41, 5.74) is 5.15. The first-order valence-electron chi connectivity index (χ1n) is 9.39. The number of anilines is 1. The maximum atomic E-state index is 12.2. The van der Waals surface area contributed by atoms with E-state index in [0.717, 1.165) is 17.5 Å². The summed E-state index contributed by atoms with van der Waals surface area (Å²) in [4.78, 5) is 37.7. The van der Waals surface area contributed by atoms with Crippen LogP contribution in [0.4, 0.5) is 5.82 Å². The summed E-state index contributed by atoms with van der Waals surface area (Å²) < 4.78 is 11.3. The Kier molecular flexibility index (Phi) is 5.08. The Hall–Kier alpha value is -4.27. The third-order valence-corrected chi connectivity index (χ3v) is 4.93. The van der Waals surface area contributed by atoms with Crippen LogP contribution in [0.1, 0.15) is 27.1 Å². The van der Waals surface area contributed by atoms with Gasteiger partial charge in [-0.25, -0.2) is 9.59 Å². The number of rotatable bonds is 4. The van der Waals surface area contributed by atoms with E-state index in [4.69, 9.17) is 15.2 Å². The lowest BCUT2D eigenvalue weighted by molar-refractivity contribution is 0.0695. The van der Waals surface area contributed by atoms with Crippen LogP contribution in [0.3, 0.4) is 0 Å². The molecule has 158 valence electrons. The van der Waals surface area contributed by atoms with Gasteiger partial charge in [0, 0.05) is 12.0 Å². The predicted octanol–water partition coefficient (Wildman–Crippen LogP) is 2.85. The number of pyridine rings is 1. The van der Waals surface area contributed by atoms with Crippen molar-refractivity contribution in [1.29, 1.82) is 0 Å². The highest BCUT2D eigenvalue weighted by atomic mass is 16.5. The lowest BCUT2D eigenvalue weighted by Crippen LogP contribution is -2.24. The Balaban J connectivity index is 1.81. The number of fused-ring (bicyclic) bond motifs is 1. The molecule has 0 saturated carbocycles. The molecule has 0 radical (unpaired) electrons. The fraction of sp³-hybridized carbons (Fsp3) is 0.136. The topological polar surface area (TPSA) is 152 Å². The number of benzene rings is 2.